The van der Waals surface area contributed by atoms with Crippen molar-refractivity contribution in [3.63, 3.8) is 0 Å². The lowest BCUT2D eigenvalue weighted by atomic mass is 10.2. The summed E-state index contributed by atoms with van der Waals surface area (Å²) < 4.78 is 11.0. The zero-order valence-corrected chi connectivity index (χ0v) is 14.5. The molecule has 1 fully saturated rings. The predicted octanol–water partition coefficient (Wildman–Crippen LogP) is 2.97. The maximum absolute atomic E-state index is 12.0. The summed E-state index contributed by atoms with van der Waals surface area (Å²) in [6.07, 6.45) is 1.50. The van der Waals surface area contributed by atoms with E-state index < -0.39 is 0 Å². The highest BCUT2D eigenvalue weighted by atomic mass is 16.5. The molecular formula is C19H22N2O4. The molecule has 2 heterocycles. The van der Waals surface area contributed by atoms with E-state index in [1.807, 2.05) is 38.1 Å². The average Bonchev–Trinajstić information content (AvgIpc) is 3.22. The van der Waals surface area contributed by atoms with Gasteiger partial charge in [0.2, 0.25) is 5.91 Å². The summed E-state index contributed by atoms with van der Waals surface area (Å²) in [4.78, 5) is 25.5. The normalized spacial score (nSPS) is 15.3. The summed E-state index contributed by atoms with van der Waals surface area (Å²) in [5.74, 6) is 2.04. The number of hydrogen-bond acceptors (Lipinski definition) is 4. The van der Waals surface area contributed by atoms with Crippen molar-refractivity contribution < 1.29 is 18.7 Å². The third kappa shape index (κ3) is 4.21. The van der Waals surface area contributed by atoms with Crippen LogP contribution in [0.2, 0.25) is 0 Å². The number of nitrogens with zero attached hydrogens (tertiary/aromatic N) is 1. The number of hydrogen-bond donors (Lipinski definition) is 1. The van der Waals surface area contributed by atoms with E-state index in [9.17, 15) is 9.59 Å². The highest BCUT2D eigenvalue weighted by molar-refractivity contribution is 5.95. The van der Waals surface area contributed by atoms with Gasteiger partial charge in [0, 0.05) is 18.7 Å². The maximum atomic E-state index is 12.0. The second kappa shape index (κ2) is 7.42. The van der Waals surface area contributed by atoms with Crippen molar-refractivity contribution in [1.82, 2.24) is 5.32 Å². The van der Waals surface area contributed by atoms with Gasteiger partial charge in [-0.3, -0.25) is 9.59 Å². The summed E-state index contributed by atoms with van der Waals surface area (Å²) in [6, 6.07) is 10.7. The number of benzene rings is 1. The molecule has 2 aromatic rings. The van der Waals surface area contributed by atoms with Gasteiger partial charge in [-0.05, 0) is 56.7 Å². The van der Waals surface area contributed by atoms with Crippen LogP contribution in [0.4, 0.5) is 5.69 Å². The fraction of sp³-hybridized carbons (Fsp3) is 0.368. The molecule has 6 heteroatoms. The fourth-order valence-electron chi connectivity index (χ4n) is 2.83. The summed E-state index contributed by atoms with van der Waals surface area (Å²) >= 11 is 0. The molecule has 1 unspecified atom stereocenters. The van der Waals surface area contributed by atoms with Crippen molar-refractivity contribution in [3.05, 3.63) is 47.9 Å². The fourth-order valence-corrected chi connectivity index (χ4v) is 2.83. The van der Waals surface area contributed by atoms with Gasteiger partial charge in [-0.1, -0.05) is 0 Å². The van der Waals surface area contributed by atoms with E-state index in [4.69, 9.17) is 9.15 Å². The van der Waals surface area contributed by atoms with Crippen LogP contribution < -0.4 is 15.0 Å². The molecule has 0 aliphatic carbocycles. The van der Waals surface area contributed by atoms with E-state index in [0.29, 0.717) is 17.9 Å². The summed E-state index contributed by atoms with van der Waals surface area (Å²) in [7, 11) is 0. The molecule has 1 atom stereocenters. The van der Waals surface area contributed by atoms with Crippen LogP contribution in [-0.4, -0.2) is 25.0 Å². The smallest absolute Gasteiger partial charge is 0.258 e. The maximum Gasteiger partial charge on any atom is 0.258 e. The Balaban J connectivity index is 1.49. The first-order valence-corrected chi connectivity index (χ1v) is 8.42. The number of ether oxygens (including phenoxy) is 1. The number of aryl methyl sites for hydroxylation is 1. The van der Waals surface area contributed by atoms with Gasteiger partial charge in [0.15, 0.2) is 6.61 Å². The molecule has 2 amide bonds. The molecular weight excluding hydrogens is 320 g/mol. The molecule has 132 valence electrons. The van der Waals surface area contributed by atoms with Crippen LogP contribution in [-0.2, 0) is 9.59 Å². The van der Waals surface area contributed by atoms with Crippen LogP contribution in [0.25, 0.3) is 0 Å². The third-order valence-electron chi connectivity index (χ3n) is 4.16. The largest absolute Gasteiger partial charge is 0.484 e. The Morgan fingerprint density at radius 2 is 2.04 bits per heavy atom. The zero-order chi connectivity index (χ0) is 17.8. The molecule has 0 bridgehead atoms. The first-order chi connectivity index (χ1) is 12.0. The first kappa shape index (κ1) is 17.1. The van der Waals surface area contributed by atoms with Crippen molar-refractivity contribution >= 4 is 17.5 Å². The molecule has 1 aromatic heterocycles. The summed E-state index contributed by atoms with van der Waals surface area (Å²) in [5, 5.41) is 2.83. The average molecular weight is 342 g/mol. The number of nitrogens with one attached hydrogen (secondary N) is 1. The van der Waals surface area contributed by atoms with Crippen molar-refractivity contribution in [3.8, 4) is 5.75 Å². The standard InChI is InChI=1S/C19H22N2O4/c1-13-5-10-17(25-13)14(2)20-18(22)12-24-16-8-6-15(7-9-16)21-11-3-4-19(21)23/h5-10,14H,3-4,11-12H2,1-2H3,(H,20,22). The first-order valence-electron chi connectivity index (χ1n) is 8.42. The molecule has 1 aromatic carbocycles. The van der Waals surface area contributed by atoms with E-state index in [1.54, 1.807) is 17.0 Å². The van der Waals surface area contributed by atoms with E-state index in [0.717, 1.165) is 24.4 Å². The third-order valence-corrected chi connectivity index (χ3v) is 4.16. The zero-order valence-electron chi connectivity index (χ0n) is 14.5. The predicted molar refractivity (Wildman–Crippen MR) is 93.5 cm³/mol. The highest BCUT2D eigenvalue weighted by Gasteiger charge is 2.21. The van der Waals surface area contributed by atoms with Gasteiger partial charge >= 0.3 is 0 Å². The van der Waals surface area contributed by atoms with Gasteiger partial charge in [-0.25, -0.2) is 0 Å². The number of anilines is 1. The van der Waals surface area contributed by atoms with Crippen LogP contribution in [0.5, 0.6) is 5.75 Å². The van der Waals surface area contributed by atoms with Crippen LogP contribution >= 0.6 is 0 Å². The van der Waals surface area contributed by atoms with Gasteiger partial charge in [0.25, 0.3) is 5.91 Å². The van der Waals surface area contributed by atoms with Crippen LogP contribution in [0, 0.1) is 6.92 Å². The summed E-state index contributed by atoms with van der Waals surface area (Å²) in [6.45, 7) is 4.40. The van der Waals surface area contributed by atoms with Crippen LogP contribution in [0.15, 0.2) is 40.8 Å². The molecule has 25 heavy (non-hydrogen) atoms. The Kier molecular flexibility index (Phi) is 5.07. The molecule has 3 rings (SSSR count). The Labute approximate surface area is 146 Å². The van der Waals surface area contributed by atoms with Gasteiger partial charge in [0.05, 0.1) is 6.04 Å². The molecule has 0 spiro atoms. The van der Waals surface area contributed by atoms with Crippen molar-refractivity contribution in [2.45, 2.75) is 32.7 Å². The second-order valence-corrected chi connectivity index (χ2v) is 6.17. The van der Waals surface area contributed by atoms with E-state index in [1.165, 1.54) is 0 Å². The van der Waals surface area contributed by atoms with Crippen molar-refractivity contribution in [2.24, 2.45) is 0 Å². The number of carbonyl (C=O) groups is 2. The Hall–Kier alpha value is -2.76. The van der Waals surface area contributed by atoms with Gasteiger partial charge in [0.1, 0.15) is 17.3 Å². The van der Waals surface area contributed by atoms with Gasteiger partial charge in [-0.2, -0.15) is 0 Å². The quantitative estimate of drug-likeness (QED) is 0.876. The molecule has 1 saturated heterocycles. The Bertz CT molecular complexity index is 751. The Morgan fingerprint density at radius 3 is 2.64 bits per heavy atom. The molecule has 1 aliphatic heterocycles. The minimum atomic E-state index is -0.222. The Morgan fingerprint density at radius 1 is 1.28 bits per heavy atom. The number of amides is 2. The SMILES string of the molecule is Cc1ccc(C(C)NC(=O)COc2ccc(N3CCCC3=O)cc2)o1. The minimum Gasteiger partial charge on any atom is -0.484 e. The number of rotatable bonds is 6. The van der Waals surface area contributed by atoms with Crippen LogP contribution in [0.3, 0.4) is 0 Å². The van der Waals surface area contributed by atoms with Crippen LogP contribution in [0.1, 0.15) is 37.3 Å². The monoisotopic (exact) mass is 342 g/mol. The van der Waals surface area contributed by atoms with E-state index in [-0.39, 0.29) is 24.5 Å². The topological polar surface area (TPSA) is 71.8 Å². The minimum absolute atomic E-state index is 0.0774. The number of furan rings is 1. The molecule has 0 saturated carbocycles. The lowest BCUT2D eigenvalue weighted by molar-refractivity contribution is -0.123. The lowest BCUT2D eigenvalue weighted by Gasteiger charge is -2.16. The molecule has 1 N–H and O–H groups in total. The van der Waals surface area contributed by atoms with Gasteiger partial charge < -0.3 is 19.4 Å². The second-order valence-electron chi connectivity index (χ2n) is 6.17. The number of carbonyl (C=O) groups excluding carboxylic acids is 2. The highest BCUT2D eigenvalue weighted by Crippen LogP contribution is 2.24. The molecule has 0 radical (unpaired) electrons. The van der Waals surface area contributed by atoms with Crippen molar-refractivity contribution in [2.75, 3.05) is 18.1 Å². The lowest BCUT2D eigenvalue weighted by Crippen LogP contribution is -2.31. The summed E-state index contributed by atoms with van der Waals surface area (Å²) in [5.41, 5.74) is 0.862. The van der Waals surface area contributed by atoms with E-state index >= 15 is 0 Å². The molecule has 6 nitrogen and oxygen atoms in total. The molecule has 1 aliphatic rings. The van der Waals surface area contributed by atoms with Crippen molar-refractivity contribution in [1.29, 1.82) is 0 Å². The van der Waals surface area contributed by atoms with E-state index in [2.05, 4.69) is 5.32 Å². The van der Waals surface area contributed by atoms with Gasteiger partial charge in [-0.15, -0.1) is 0 Å².